The van der Waals surface area contributed by atoms with E-state index in [2.05, 4.69) is 9.97 Å². The van der Waals surface area contributed by atoms with Crippen molar-refractivity contribution in [3.05, 3.63) is 26.7 Å². The van der Waals surface area contributed by atoms with Gasteiger partial charge in [0, 0.05) is 27.3 Å². The minimum Gasteiger partial charge on any atom is -0.385 e. The Kier molecular flexibility index (Phi) is 4.06. The van der Waals surface area contributed by atoms with Gasteiger partial charge in [0.2, 0.25) is 0 Å². The van der Waals surface area contributed by atoms with Gasteiger partial charge in [-0.2, -0.15) is 0 Å². The van der Waals surface area contributed by atoms with Crippen LogP contribution < -0.4 is 11.2 Å². The molecule has 0 aromatic carbocycles. The van der Waals surface area contributed by atoms with Crippen molar-refractivity contribution in [3.63, 3.8) is 0 Å². The van der Waals surface area contributed by atoms with Crippen LogP contribution in [0.3, 0.4) is 0 Å². The van der Waals surface area contributed by atoms with Crippen molar-refractivity contribution in [3.8, 4) is 0 Å². The van der Waals surface area contributed by atoms with E-state index < -0.39 is 11.2 Å². The van der Waals surface area contributed by atoms with Gasteiger partial charge in [0.1, 0.15) is 5.82 Å². The molecule has 0 saturated carbocycles. The summed E-state index contributed by atoms with van der Waals surface area (Å²) in [5.74, 6) is 0.727. The van der Waals surface area contributed by atoms with E-state index in [0.29, 0.717) is 36.6 Å². The molecule has 0 bridgehead atoms. The average Bonchev–Trinajstić information content (AvgIpc) is 2.71. The lowest BCUT2D eigenvalue weighted by atomic mass is 10.4. The third kappa shape index (κ3) is 2.43. The van der Waals surface area contributed by atoms with Gasteiger partial charge in [0.25, 0.3) is 5.56 Å². The van der Waals surface area contributed by atoms with Crippen LogP contribution in [-0.2, 0) is 24.2 Å². The first-order chi connectivity index (χ1) is 9.10. The minimum absolute atomic E-state index is 0.177. The predicted octanol–water partition coefficient (Wildman–Crippen LogP) is 0.199. The van der Waals surface area contributed by atoms with Crippen LogP contribution >= 0.6 is 11.6 Å². The fourth-order valence-corrected chi connectivity index (χ4v) is 2.22. The number of nitrogens with zero attached hydrogens (tertiary/aromatic N) is 3. The van der Waals surface area contributed by atoms with Crippen molar-refractivity contribution >= 4 is 22.8 Å². The topological polar surface area (TPSA) is 81.9 Å². The Morgan fingerprint density at radius 2 is 2.16 bits per heavy atom. The molecule has 1 N–H and O–H groups in total. The normalized spacial score (nSPS) is 11.3. The zero-order chi connectivity index (χ0) is 14.0. The lowest BCUT2D eigenvalue weighted by Gasteiger charge is -2.05. The molecular weight excluding hydrogens is 272 g/mol. The minimum atomic E-state index is -0.465. The van der Waals surface area contributed by atoms with Crippen molar-refractivity contribution in [2.75, 3.05) is 13.7 Å². The second-order valence-corrected chi connectivity index (χ2v) is 4.42. The number of methoxy groups -OCH3 is 1. The maximum absolute atomic E-state index is 11.8. The first kappa shape index (κ1) is 13.8. The number of imidazole rings is 1. The molecule has 0 spiro atoms. The van der Waals surface area contributed by atoms with Crippen molar-refractivity contribution in [1.29, 1.82) is 0 Å². The van der Waals surface area contributed by atoms with Crippen LogP contribution in [-0.4, -0.2) is 32.8 Å². The van der Waals surface area contributed by atoms with Gasteiger partial charge in [-0.15, -0.1) is 11.6 Å². The van der Waals surface area contributed by atoms with E-state index in [1.54, 1.807) is 18.7 Å². The van der Waals surface area contributed by atoms with Crippen molar-refractivity contribution in [2.45, 2.75) is 18.8 Å². The van der Waals surface area contributed by atoms with Gasteiger partial charge in [-0.3, -0.25) is 14.3 Å². The first-order valence-corrected chi connectivity index (χ1v) is 6.37. The van der Waals surface area contributed by atoms with Crippen LogP contribution in [0.4, 0.5) is 0 Å². The maximum Gasteiger partial charge on any atom is 0.330 e. The number of nitrogens with one attached hydrogen (secondary N) is 1. The molecule has 19 heavy (non-hydrogen) atoms. The number of alkyl halides is 1. The summed E-state index contributed by atoms with van der Waals surface area (Å²) in [5.41, 5.74) is -0.196. The smallest absolute Gasteiger partial charge is 0.330 e. The van der Waals surface area contributed by atoms with E-state index in [9.17, 15) is 9.59 Å². The first-order valence-electron chi connectivity index (χ1n) is 5.83. The molecule has 0 unspecified atom stereocenters. The van der Waals surface area contributed by atoms with Crippen molar-refractivity contribution < 1.29 is 4.74 Å². The molecule has 7 nitrogen and oxygen atoms in total. The highest BCUT2D eigenvalue weighted by Gasteiger charge is 2.15. The molecule has 2 heterocycles. The number of aromatic amines is 1. The summed E-state index contributed by atoms with van der Waals surface area (Å²) in [5, 5.41) is 0. The van der Waals surface area contributed by atoms with Crippen LogP contribution in [0.2, 0.25) is 0 Å². The van der Waals surface area contributed by atoms with Crippen LogP contribution in [0.5, 0.6) is 0 Å². The Hall–Kier alpha value is -1.60. The highest BCUT2D eigenvalue weighted by molar-refractivity contribution is 6.16. The quantitative estimate of drug-likeness (QED) is 0.629. The molecule has 2 rings (SSSR count). The second kappa shape index (κ2) is 5.58. The van der Waals surface area contributed by atoms with E-state index in [-0.39, 0.29) is 5.88 Å². The van der Waals surface area contributed by atoms with Gasteiger partial charge < -0.3 is 9.30 Å². The molecule has 0 fully saturated rings. The summed E-state index contributed by atoms with van der Waals surface area (Å²) in [4.78, 5) is 30.2. The Labute approximate surface area is 113 Å². The largest absolute Gasteiger partial charge is 0.385 e. The summed E-state index contributed by atoms with van der Waals surface area (Å²) in [6, 6.07) is 0. The second-order valence-electron chi connectivity index (χ2n) is 4.15. The molecule has 0 atom stereocenters. The lowest BCUT2D eigenvalue weighted by Crippen LogP contribution is -2.31. The van der Waals surface area contributed by atoms with E-state index in [1.807, 2.05) is 0 Å². The van der Waals surface area contributed by atoms with Gasteiger partial charge in [0.15, 0.2) is 11.2 Å². The monoisotopic (exact) mass is 286 g/mol. The highest BCUT2D eigenvalue weighted by atomic mass is 35.5. The number of hydrogen-bond donors (Lipinski definition) is 1. The van der Waals surface area contributed by atoms with Crippen LogP contribution in [0, 0.1) is 0 Å². The van der Waals surface area contributed by atoms with Gasteiger partial charge in [-0.25, -0.2) is 9.78 Å². The van der Waals surface area contributed by atoms with E-state index in [4.69, 9.17) is 16.3 Å². The zero-order valence-corrected chi connectivity index (χ0v) is 11.5. The molecule has 2 aromatic rings. The molecular formula is C11H15ClN4O3. The Balaban J connectivity index is 2.62. The summed E-state index contributed by atoms with van der Waals surface area (Å²) in [7, 11) is 3.30. The summed E-state index contributed by atoms with van der Waals surface area (Å²) >= 11 is 5.77. The number of ether oxygens (including phenoxy) is 1. The molecule has 0 radical (unpaired) electrons. The predicted molar refractivity (Wildman–Crippen MR) is 71.6 cm³/mol. The van der Waals surface area contributed by atoms with E-state index in [0.717, 1.165) is 0 Å². The van der Waals surface area contributed by atoms with Crippen LogP contribution in [0.25, 0.3) is 11.2 Å². The van der Waals surface area contributed by atoms with E-state index in [1.165, 1.54) is 4.57 Å². The van der Waals surface area contributed by atoms with Gasteiger partial charge in [-0.1, -0.05) is 0 Å². The highest BCUT2D eigenvalue weighted by Crippen LogP contribution is 2.11. The van der Waals surface area contributed by atoms with E-state index >= 15 is 0 Å². The molecule has 0 amide bonds. The number of aryl methyl sites for hydroxylation is 2. The molecule has 0 aliphatic rings. The molecule has 8 heteroatoms. The number of halogens is 1. The molecule has 0 saturated heterocycles. The zero-order valence-electron chi connectivity index (χ0n) is 10.8. The fraction of sp³-hybridized carbons (Fsp3) is 0.545. The number of rotatable bonds is 5. The number of aromatic nitrogens is 4. The number of H-pyrrole nitrogens is 1. The lowest BCUT2D eigenvalue weighted by molar-refractivity contribution is 0.190. The Bertz CT molecular complexity index is 700. The Morgan fingerprint density at radius 3 is 2.79 bits per heavy atom. The average molecular weight is 287 g/mol. The molecule has 0 aliphatic heterocycles. The van der Waals surface area contributed by atoms with Crippen molar-refractivity contribution in [1.82, 2.24) is 19.1 Å². The Morgan fingerprint density at radius 1 is 1.42 bits per heavy atom. The SMILES string of the molecule is COCCCn1c(=O)[nH]c(=O)c2c1nc(CCl)n2C. The number of hydrogen-bond acceptors (Lipinski definition) is 4. The summed E-state index contributed by atoms with van der Waals surface area (Å²) < 4.78 is 8.00. The molecule has 2 aromatic heterocycles. The summed E-state index contributed by atoms with van der Waals surface area (Å²) in [6.07, 6.45) is 0.657. The van der Waals surface area contributed by atoms with Crippen LogP contribution in [0.1, 0.15) is 12.2 Å². The van der Waals surface area contributed by atoms with Gasteiger partial charge >= 0.3 is 5.69 Å². The fourth-order valence-electron chi connectivity index (χ4n) is 1.99. The van der Waals surface area contributed by atoms with Gasteiger partial charge in [0.05, 0.1) is 5.88 Å². The standard InChI is InChI=1S/C11H15ClN4O3/c1-15-7(6-12)13-9-8(15)10(17)14-11(18)16(9)4-3-5-19-2/h3-6H2,1-2H3,(H,14,17,18). The number of fused-ring (bicyclic) bond motifs is 1. The maximum atomic E-state index is 11.8. The third-order valence-electron chi connectivity index (χ3n) is 2.96. The summed E-state index contributed by atoms with van der Waals surface area (Å²) in [6.45, 7) is 0.959. The molecule has 0 aliphatic carbocycles. The third-order valence-corrected chi connectivity index (χ3v) is 3.19. The molecule has 104 valence electrons. The van der Waals surface area contributed by atoms with Crippen molar-refractivity contribution in [2.24, 2.45) is 7.05 Å². The van der Waals surface area contributed by atoms with Gasteiger partial charge in [-0.05, 0) is 6.42 Å². The van der Waals surface area contributed by atoms with Crippen LogP contribution in [0.15, 0.2) is 9.59 Å².